The molecule has 0 radical (unpaired) electrons. The monoisotopic (exact) mass is 1050 g/mol. The highest BCUT2D eigenvalue weighted by Gasteiger charge is 2.41. The summed E-state index contributed by atoms with van der Waals surface area (Å²) < 4.78 is 13.7. The predicted molar refractivity (Wildman–Crippen MR) is 341 cm³/mol. The van der Waals surface area contributed by atoms with E-state index in [1.54, 1.807) is 0 Å². The number of nitrogens with zero attached hydrogens (tertiary/aromatic N) is 2. The van der Waals surface area contributed by atoms with Crippen LogP contribution in [0.25, 0.3) is 111 Å². The van der Waals surface area contributed by atoms with Gasteiger partial charge in [-0.15, -0.1) is 0 Å². The molecule has 388 valence electrons. The van der Waals surface area contributed by atoms with Gasteiger partial charge >= 0.3 is 0 Å². The van der Waals surface area contributed by atoms with Gasteiger partial charge in [-0.05, 0) is 163 Å². The van der Waals surface area contributed by atoms with Crippen molar-refractivity contribution in [1.82, 2.24) is 0 Å². The molecule has 2 aliphatic heterocycles. The molecule has 0 atom stereocenters. The number of rotatable bonds is 4. The highest BCUT2D eigenvalue weighted by molar-refractivity contribution is 6.13. The highest BCUT2D eigenvalue weighted by atomic mass is 16.3. The molecule has 12 aromatic carbocycles. The van der Waals surface area contributed by atoms with Crippen LogP contribution in [0, 0.1) is 0 Å². The lowest BCUT2D eigenvalue weighted by atomic mass is 9.69. The molecule has 0 N–H and O–H groups in total. The van der Waals surface area contributed by atoms with E-state index < -0.39 is 0 Å². The first-order chi connectivity index (χ1) is 40.2. The molecular formula is C78H54N2O2. The third-order valence-corrected chi connectivity index (χ3v) is 18.4. The number of furan rings is 2. The lowest BCUT2D eigenvalue weighted by Gasteiger charge is -2.43. The second-order valence-corrected chi connectivity index (χ2v) is 23.5. The number of benzene rings is 12. The summed E-state index contributed by atoms with van der Waals surface area (Å²) in [4.78, 5) is 4.99. The Hall–Kier alpha value is -10.2. The van der Waals surface area contributed by atoms with Crippen molar-refractivity contribution in [2.45, 2.75) is 38.5 Å². The van der Waals surface area contributed by atoms with Crippen LogP contribution in [0.3, 0.4) is 0 Å². The van der Waals surface area contributed by atoms with Gasteiger partial charge in [0.2, 0.25) is 0 Å². The molecular weight excluding hydrogens is 997 g/mol. The zero-order chi connectivity index (χ0) is 54.6. The van der Waals surface area contributed by atoms with Crippen molar-refractivity contribution in [2.75, 3.05) is 9.80 Å². The summed E-state index contributed by atoms with van der Waals surface area (Å²) in [6.45, 7) is 9.61. The second kappa shape index (κ2) is 17.2. The van der Waals surface area contributed by atoms with Gasteiger partial charge in [0.05, 0.1) is 22.7 Å². The Kier molecular flexibility index (Phi) is 9.79. The summed E-state index contributed by atoms with van der Waals surface area (Å²) in [6, 6.07) is 94.3. The van der Waals surface area contributed by atoms with Gasteiger partial charge in [-0.2, -0.15) is 0 Å². The molecule has 0 fully saturated rings. The molecule has 3 aliphatic rings. The predicted octanol–water partition coefficient (Wildman–Crippen LogP) is 22.0. The fourth-order valence-corrected chi connectivity index (χ4v) is 14.4. The Bertz CT molecular complexity index is 4680. The van der Waals surface area contributed by atoms with Gasteiger partial charge in [-0.3, -0.25) is 0 Å². The van der Waals surface area contributed by atoms with Crippen molar-refractivity contribution in [1.29, 1.82) is 0 Å². The number of hydrogen-bond donors (Lipinski definition) is 0. The van der Waals surface area contributed by atoms with Crippen LogP contribution >= 0.6 is 0 Å². The molecule has 2 aromatic heterocycles. The van der Waals surface area contributed by atoms with E-state index in [0.29, 0.717) is 0 Å². The normalized spacial score (nSPS) is 14.2. The van der Waals surface area contributed by atoms with Gasteiger partial charge in [0.1, 0.15) is 22.3 Å². The van der Waals surface area contributed by atoms with Crippen molar-refractivity contribution in [3.8, 4) is 66.8 Å². The van der Waals surface area contributed by atoms with Crippen LogP contribution in [0.5, 0.6) is 0 Å². The van der Waals surface area contributed by atoms with Crippen LogP contribution in [-0.2, 0) is 10.8 Å². The summed E-state index contributed by atoms with van der Waals surface area (Å²) in [5, 5.41) is 4.45. The largest absolute Gasteiger partial charge is 0.455 e. The first-order valence-electron chi connectivity index (χ1n) is 28.6. The molecule has 17 rings (SSSR count). The molecule has 0 saturated carbocycles. The van der Waals surface area contributed by atoms with E-state index in [4.69, 9.17) is 8.83 Å². The Balaban J connectivity index is 1.02. The van der Waals surface area contributed by atoms with Gasteiger partial charge in [0.25, 0.3) is 0 Å². The summed E-state index contributed by atoms with van der Waals surface area (Å²) in [5.74, 6) is 0. The maximum absolute atomic E-state index is 6.83. The summed E-state index contributed by atoms with van der Waals surface area (Å²) in [6.07, 6.45) is 0. The Morgan fingerprint density at radius 3 is 1.07 bits per heavy atom. The third kappa shape index (κ3) is 6.61. The average molecular weight is 1050 g/mol. The number of anilines is 6. The fraction of sp³-hybridized carbons (Fsp3) is 0.0769. The number of para-hydroxylation sites is 8. The van der Waals surface area contributed by atoms with Crippen molar-refractivity contribution in [3.63, 3.8) is 0 Å². The SMILES string of the molecule is CC1(C)c2ccccc2N(c2ccccc2)c2cc3c(cc21)-c1ccc(-c2cccc4c2oc2ccccc24)cc1-c1cc2c(cc1-c1ccc(-c4cccc5c4oc4ccccc45)cc1-3)C(C)(C)c1ccccc1N2c1ccccc1. The molecule has 4 heterocycles. The molecule has 4 nitrogen and oxygen atoms in total. The molecule has 1 aliphatic carbocycles. The van der Waals surface area contributed by atoms with E-state index in [0.717, 1.165) is 111 Å². The second-order valence-electron chi connectivity index (χ2n) is 23.5. The van der Waals surface area contributed by atoms with E-state index in [1.165, 1.54) is 56.1 Å². The quantitative estimate of drug-likeness (QED) is 0.176. The maximum atomic E-state index is 6.83. The molecule has 0 amide bonds. The zero-order valence-electron chi connectivity index (χ0n) is 46.0. The van der Waals surface area contributed by atoms with Crippen molar-refractivity contribution in [3.05, 3.63) is 277 Å². The number of fused-ring (bicyclic) bond motifs is 18. The minimum atomic E-state index is -0.362. The summed E-state index contributed by atoms with van der Waals surface area (Å²) >= 11 is 0. The van der Waals surface area contributed by atoms with Gasteiger partial charge in [0, 0.05) is 54.9 Å². The van der Waals surface area contributed by atoms with Crippen molar-refractivity contribution >= 4 is 78.0 Å². The Morgan fingerprint density at radius 2 is 0.622 bits per heavy atom. The standard InChI is InChI=1S/C78H54N2O2/c1-77(2)65-31-13-15-33-69(65)79(49-21-7-5-8-22-49)71-45-63-60-42-48(52-28-20-30-58-56-26-12-18-36-74(56)82-76(52)58)38-40-54(60)62-44-68-72(80(50-23-9-6-10-24-50)70-34-16-14-32-66(70)78(68,3)4)46-64(62)59-41-47(37-39-53(59)61(63)43-67(71)77)51-27-19-29-57-55-25-11-17-35-73(55)81-75(51)57/h5-46H,1-4H3. The minimum Gasteiger partial charge on any atom is -0.455 e. The highest BCUT2D eigenvalue weighted by Crippen LogP contribution is 2.60. The minimum absolute atomic E-state index is 0.362. The van der Waals surface area contributed by atoms with E-state index >= 15 is 0 Å². The smallest absolute Gasteiger partial charge is 0.143 e. The van der Waals surface area contributed by atoms with Crippen LogP contribution in [0.15, 0.2) is 264 Å². The van der Waals surface area contributed by atoms with Crippen LogP contribution in [0.4, 0.5) is 34.1 Å². The Morgan fingerprint density at radius 1 is 0.256 bits per heavy atom. The molecule has 82 heavy (non-hydrogen) atoms. The van der Waals surface area contributed by atoms with Crippen LogP contribution in [-0.4, -0.2) is 0 Å². The topological polar surface area (TPSA) is 32.8 Å². The zero-order valence-corrected chi connectivity index (χ0v) is 46.0. The van der Waals surface area contributed by atoms with Crippen molar-refractivity contribution in [2.24, 2.45) is 0 Å². The van der Waals surface area contributed by atoms with Gasteiger partial charge in [0.15, 0.2) is 0 Å². The van der Waals surface area contributed by atoms with E-state index in [9.17, 15) is 0 Å². The summed E-state index contributed by atoms with van der Waals surface area (Å²) in [7, 11) is 0. The van der Waals surface area contributed by atoms with E-state index in [2.05, 4.69) is 292 Å². The maximum Gasteiger partial charge on any atom is 0.143 e. The molecule has 0 saturated heterocycles. The summed E-state index contributed by atoms with van der Waals surface area (Å²) in [5.41, 5.74) is 28.5. The first-order valence-corrected chi connectivity index (χ1v) is 28.6. The number of hydrogen-bond acceptors (Lipinski definition) is 4. The van der Waals surface area contributed by atoms with Crippen LogP contribution < -0.4 is 9.80 Å². The molecule has 14 aromatic rings. The van der Waals surface area contributed by atoms with Gasteiger partial charge in [-0.25, -0.2) is 0 Å². The Labute approximate surface area is 476 Å². The fourth-order valence-electron chi connectivity index (χ4n) is 14.4. The van der Waals surface area contributed by atoms with Gasteiger partial charge in [-0.1, -0.05) is 198 Å². The lowest BCUT2D eigenvalue weighted by molar-refractivity contribution is 0.632. The van der Waals surface area contributed by atoms with Gasteiger partial charge < -0.3 is 18.6 Å². The van der Waals surface area contributed by atoms with Crippen LogP contribution in [0.2, 0.25) is 0 Å². The van der Waals surface area contributed by atoms with E-state index in [-0.39, 0.29) is 10.8 Å². The van der Waals surface area contributed by atoms with Crippen LogP contribution in [0.1, 0.15) is 49.9 Å². The van der Waals surface area contributed by atoms with E-state index in [1.807, 2.05) is 0 Å². The molecule has 0 unspecified atom stereocenters. The molecule has 0 bridgehead atoms. The first kappa shape index (κ1) is 46.7. The lowest BCUT2D eigenvalue weighted by Crippen LogP contribution is -2.31. The molecule has 4 heteroatoms. The molecule has 0 spiro atoms. The average Bonchev–Trinajstić information content (AvgIpc) is 4.22. The van der Waals surface area contributed by atoms with Crippen molar-refractivity contribution < 1.29 is 8.83 Å². The third-order valence-electron chi connectivity index (χ3n) is 18.4.